The van der Waals surface area contributed by atoms with Gasteiger partial charge in [0, 0.05) is 18.7 Å². The maximum Gasteiger partial charge on any atom is 0.108 e. The summed E-state index contributed by atoms with van der Waals surface area (Å²) < 4.78 is 2.27. The molecular formula is C11H22N2. The van der Waals surface area contributed by atoms with Gasteiger partial charge in [0.25, 0.3) is 0 Å². The second kappa shape index (κ2) is 5.79. The molecular weight excluding hydrogens is 160 g/mol. The first-order chi connectivity index (χ1) is 6.20. The molecule has 0 aliphatic carbocycles. The normalized spacial score (nSPS) is 9.38. The van der Waals surface area contributed by atoms with Crippen molar-refractivity contribution in [3.63, 3.8) is 0 Å². The molecule has 1 heterocycles. The van der Waals surface area contributed by atoms with Crippen molar-refractivity contribution < 1.29 is 0 Å². The van der Waals surface area contributed by atoms with Gasteiger partial charge in [-0.3, -0.25) is 0 Å². The Morgan fingerprint density at radius 1 is 1.15 bits per heavy atom. The molecule has 0 aliphatic heterocycles. The van der Waals surface area contributed by atoms with Crippen molar-refractivity contribution in [2.75, 3.05) is 0 Å². The van der Waals surface area contributed by atoms with Crippen LogP contribution in [0.5, 0.6) is 0 Å². The number of imidazole rings is 1. The van der Waals surface area contributed by atoms with E-state index < -0.39 is 0 Å². The average molecular weight is 182 g/mol. The highest BCUT2D eigenvalue weighted by Crippen LogP contribution is 2.09. The third-order valence-corrected chi connectivity index (χ3v) is 2.17. The first-order valence-electron chi connectivity index (χ1n) is 5.23. The van der Waals surface area contributed by atoms with Gasteiger partial charge in [-0.15, -0.1) is 0 Å². The minimum Gasteiger partial charge on any atom is -0.332 e. The van der Waals surface area contributed by atoms with Crippen LogP contribution < -0.4 is 0 Å². The van der Waals surface area contributed by atoms with Crippen LogP contribution in [0.2, 0.25) is 0 Å². The summed E-state index contributed by atoms with van der Waals surface area (Å²) in [7, 11) is 0. The lowest BCUT2D eigenvalue weighted by molar-refractivity contribution is 0.686. The maximum atomic E-state index is 4.46. The molecule has 0 saturated carbocycles. The van der Waals surface area contributed by atoms with Crippen LogP contribution in [0.15, 0.2) is 0 Å². The van der Waals surface area contributed by atoms with Crippen LogP contribution in [0.1, 0.15) is 44.9 Å². The van der Waals surface area contributed by atoms with E-state index in [1.807, 2.05) is 13.8 Å². The Bertz CT molecular complexity index is 249. The average Bonchev–Trinajstić information content (AvgIpc) is 2.46. The van der Waals surface area contributed by atoms with Crippen LogP contribution in [-0.4, -0.2) is 9.55 Å². The van der Waals surface area contributed by atoms with Crippen molar-refractivity contribution in [3.8, 4) is 0 Å². The molecule has 1 rings (SSSR count). The quantitative estimate of drug-likeness (QED) is 0.687. The SMILES string of the molecule is CC.CCc1nc(C)c(C)n1CC. The van der Waals surface area contributed by atoms with E-state index >= 15 is 0 Å². The molecule has 76 valence electrons. The van der Waals surface area contributed by atoms with Crippen LogP contribution in [0.3, 0.4) is 0 Å². The van der Waals surface area contributed by atoms with Crippen molar-refractivity contribution in [1.29, 1.82) is 0 Å². The smallest absolute Gasteiger partial charge is 0.108 e. The van der Waals surface area contributed by atoms with Crippen LogP contribution in [-0.2, 0) is 13.0 Å². The second-order valence-electron chi connectivity index (χ2n) is 2.80. The predicted octanol–water partition coefficient (Wildman–Crippen LogP) is 3.11. The molecule has 0 radical (unpaired) electrons. The van der Waals surface area contributed by atoms with Gasteiger partial charge in [-0.2, -0.15) is 0 Å². The number of nitrogens with zero attached hydrogens (tertiary/aromatic N) is 2. The van der Waals surface area contributed by atoms with E-state index in [2.05, 4.69) is 37.2 Å². The summed E-state index contributed by atoms with van der Waals surface area (Å²) in [6.45, 7) is 13.5. The Hall–Kier alpha value is -0.790. The van der Waals surface area contributed by atoms with Crippen LogP contribution >= 0.6 is 0 Å². The monoisotopic (exact) mass is 182 g/mol. The lowest BCUT2D eigenvalue weighted by Gasteiger charge is -2.03. The molecule has 0 aliphatic rings. The van der Waals surface area contributed by atoms with Crippen molar-refractivity contribution in [1.82, 2.24) is 9.55 Å². The van der Waals surface area contributed by atoms with Crippen LogP contribution in [0, 0.1) is 13.8 Å². The highest BCUT2D eigenvalue weighted by atomic mass is 15.1. The lowest BCUT2D eigenvalue weighted by Crippen LogP contribution is -2.01. The van der Waals surface area contributed by atoms with Gasteiger partial charge in [0.2, 0.25) is 0 Å². The van der Waals surface area contributed by atoms with E-state index in [1.165, 1.54) is 17.2 Å². The minimum absolute atomic E-state index is 1.03. The molecule has 1 aromatic rings. The van der Waals surface area contributed by atoms with Crippen LogP contribution in [0.4, 0.5) is 0 Å². The molecule has 0 saturated heterocycles. The maximum absolute atomic E-state index is 4.46. The zero-order chi connectivity index (χ0) is 10.4. The minimum atomic E-state index is 1.03. The predicted molar refractivity (Wildman–Crippen MR) is 58.1 cm³/mol. The van der Waals surface area contributed by atoms with Gasteiger partial charge in [-0.1, -0.05) is 20.8 Å². The molecule has 0 fully saturated rings. The zero-order valence-corrected chi connectivity index (χ0v) is 9.81. The topological polar surface area (TPSA) is 17.8 Å². The molecule has 2 heteroatoms. The third kappa shape index (κ3) is 2.58. The van der Waals surface area contributed by atoms with Crippen molar-refractivity contribution in [2.24, 2.45) is 0 Å². The van der Waals surface area contributed by atoms with Gasteiger partial charge >= 0.3 is 0 Å². The summed E-state index contributed by atoms with van der Waals surface area (Å²) in [4.78, 5) is 4.46. The summed E-state index contributed by atoms with van der Waals surface area (Å²) in [6, 6.07) is 0. The fraction of sp³-hybridized carbons (Fsp3) is 0.727. The molecule has 0 atom stereocenters. The highest BCUT2D eigenvalue weighted by molar-refractivity contribution is 5.13. The summed E-state index contributed by atoms with van der Waals surface area (Å²) >= 11 is 0. The fourth-order valence-corrected chi connectivity index (χ4v) is 1.41. The molecule has 0 spiro atoms. The van der Waals surface area contributed by atoms with E-state index in [4.69, 9.17) is 0 Å². The first kappa shape index (κ1) is 12.2. The van der Waals surface area contributed by atoms with Gasteiger partial charge in [0.1, 0.15) is 5.82 Å². The first-order valence-corrected chi connectivity index (χ1v) is 5.23. The van der Waals surface area contributed by atoms with E-state index in [1.54, 1.807) is 0 Å². The van der Waals surface area contributed by atoms with Crippen molar-refractivity contribution in [2.45, 2.75) is 54.5 Å². The number of rotatable bonds is 2. The Labute approximate surface area is 82.0 Å². The Balaban J connectivity index is 0.000000671. The van der Waals surface area contributed by atoms with Crippen molar-refractivity contribution >= 4 is 0 Å². The number of aryl methyl sites for hydroxylation is 2. The highest BCUT2D eigenvalue weighted by Gasteiger charge is 2.06. The molecule has 1 aromatic heterocycles. The molecule has 2 nitrogen and oxygen atoms in total. The molecule has 0 aromatic carbocycles. The molecule has 0 bridgehead atoms. The zero-order valence-electron chi connectivity index (χ0n) is 9.81. The van der Waals surface area contributed by atoms with E-state index in [-0.39, 0.29) is 0 Å². The fourth-order valence-electron chi connectivity index (χ4n) is 1.41. The largest absolute Gasteiger partial charge is 0.332 e. The van der Waals surface area contributed by atoms with Gasteiger partial charge < -0.3 is 4.57 Å². The van der Waals surface area contributed by atoms with Crippen LogP contribution in [0.25, 0.3) is 0 Å². The lowest BCUT2D eigenvalue weighted by atomic mass is 10.4. The van der Waals surface area contributed by atoms with Gasteiger partial charge in [0.15, 0.2) is 0 Å². The number of aromatic nitrogens is 2. The van der Waals surface area contributed by atoms with Gasteiger partial charge in [-0.05, 0) is 20.8 Å². The summed E-state index contributed by atoms with van der Waals surface area (Å²) in [5.41, 5.74) is 2.48. The van der Waals surface area contributed by atoms with Gasteiger partial charge in [-0.25, -0.2) is 4.98 Å². The Kier molecular flexibility index (Phi) is 5.44. The Morgan fingerprint density at radius 2 is 1.69 bits per heavy atom. The third-order valence-electron chi connectivity index (χ3n) is 2.17. The molecule has 0 unspecified atom stereocenters. The Morgan fingerprint density at radius 3 is 2.00 bits per heavy atom. The molecule has 0 amide bonds. The molecule has 0 N–H and O–H groups in total. The van der Waals surface area contributed by atoms with E-state index in [0.29, 0.717) is 0 Å². The molecule has 13 heavy (non-hydrogen) atoms. The van der Waals surface area contributed by atoms with E-state index in [0.717, 1.165) is 13.0 Å². The van der Waals surface area contributed by atoms with Crippen molar-refractivity contribution in [3.05, 3.63) is 17.2 Å². The summed E-state index contributed by atoms with van der Waals surface area (Å²) in [5, 5.41) is 0. The number of hydrogen-bond acceptors (Lipinski definition) is 1. The van der Waals surface area contributed by atoms with E-state index in [9.17, 15) is 0 Å². The summed E-state index contributed by atoms with van der Waals surface area (Å²) in [5.74, 6) is 1.21. The summed E-state index contributed by atoms with van der Waals surface area (Å²) in [6.07, 6.45) is 1.03. The van der Waals surface area contributed by atoms with Gasteiger partial charge in [0.05, 0.1) is 5.69 Å². The number of hydrogen-bond donors (Lipinski definition) is 0. The second-order valence-corrected chi connectivity index (χ2v) is 2.80. The standard InChI is InChI=1S/C9H16N2.C2H6/c1-5-9-10-7(3)8(4)11(9)6-2;1-2/h5-6H2,1-4H3;1-2H3.